The second-order valence-corrected chi connectivity index (χ2v) is 4.88. The summed E-state index contributed by atoms with van der Waals surface area (Å²) in [6, 6.07) is 8.25. The maximum atomic E-state index is 5.68. The fraction of sp³-hybridized carbons (Fsp3) is 0.333. The van der Waals surface area contributed by atoms with Gasteiger partial charge in [0.1, 0.15) is 5.60 Å². The Morgan fingerprint density at radius 2 is 1.81 bits per heavy atom. The Hall–Kier alpha value is -1.50. The molecule has 0 radical (unpaired) electrons. The zero-order valence-corrected chi connectivity index (χ0v) is 10.4. The third-order valence-corrected chi connectivity index (χ3v) is 2.07. The predicted octanol–water partition coefficient (Wildman–Crippen LogP) is 4.20. The molecule has 1 aromatic rings. The standard InChI is InChI=1S/C15H20O/c1-6-13-7-9-14(10-8-13)11-12(2)16-15(3,4)5/h6-10H,1-2,11H2,3-5H3. The van der Waals surface area contributed by atoms with Crippen LogP contribution in [0.2, 0.25) is 0 Å². The molecule has 1 heteroatoms. The molecular formula is C15H20O. The van der Waals surface area contributed by atoms with Gasteiger partial charge < -0.3 is 4.74 Å². The predicted molar refractivity (Wildman–Crippen MR) is 70.2 cm³/mol. The Kier molecular flexibility index (Phi) is 3.94. The summed E-state index contributed by atoms with van der Waals surface area (Å²) in [5.74, 6) is 0.804. The summed E-state index contributed by atoms with van der Waals surface area (Å²) in [6.07, 6.45) is 2.60. The summed E-state index contributed by atoms with van der Waals surface area (Å²) in [7, 11) is 0. The van der Waals surface area contributed by atoms with Crippen LogP contribution in [0.25, 0.3) is 6.08 Å². The maximum Gasteiger partial charge on any atom is 0.100 e. The zero-order valence-electron chi connectivity index (χ0n) is 10.4. The number of hydrogen-bond donors (Lipinski definition) is 0. The molecule has 0 saturated carbocycles. The normalized spacial score (nSPS) is 10.9. The number of hydrogen-bond acceptors (Lipinski definition) is 1. The summed E-state index contributed by atoms with van der Waals surface area (Å²) in [6.45, 7) is 13.7. The Bertz CT molecular complexity index is 365. The van der Waals surface area contributed by atoms with Crippen molar-refractivity contribution < 1.29 is 4.74 Å². The molecule has 0 fully saturated rings. The van der Waals surface area contributed by atoms with Gasteiger partial charge in [0.2, 0.25) is 0 Å². The number of ether oxygens (including phenoxy) is 1. The van der Waals surface area contributed by atoms with E-state index in [0.29, 0.717) is 0 Å². The Morgan fingerprint density at radius 1 is 1.25 bits per heavy atom. The minimum Gasteiger partial charge on any atom is -0.493 e. The molecule has 0 saturated heterocycles. The lowest BCUT2D eigenvalue weighted by atomic mass is 10.1. The molecule has 0 aliphatic rings. The molecule has 86 valence electrons. The van der Waals surface area contributed by atoms with Gasteiger partial charge in [-0.1, -0.05) is 43.5 Å². The van der Waals surface area contributed by atoms with Gasteiger partial charge in [0.05, 0.1) is 5.76 Å². The van der Waals surface area contributed by atoms with Crippen LogP contribution in [-0.2, 0) is 11.2 Å². The summed E-state index contributed by atoms with van der Waals surface area (Å²) in [4.78, 5) is 0. The van der Waals surface area contributed by atoms with Crippen molar-refractivity contribution >= 4 is 6.08 Å². The van der Waals surface area contributed by atoms with Gasteiger partial charge in [-0.25, -0.2) is 0 Å². The van der Waals surface area contributed by atoms with Gasteiger partial charge in [0, 0.05) is 6.42 Å². The number of benzene rings is 1. The van der Waals surface area contributed by atoms with Gasteiger partial charge in [-0.05, 0) is 31.9 Å². The monoisotopic (exact) mass is 216 g/mol. The zero-order chi connectivity index (χ0) is 12.2. The van der Waals surface area contributed by atoms with E-state index in [9.17, 15) is 0 Å². The van der Waals surface area contributed by atoms with Crippen molar-refractivity contribution in [1.29, 1.82) is 0 Å². The highest BCUT2D eigenvalue weighted by atomic mass is 16.5. The van der Waals surface area contributed by atoms with Gasteiger partial charge in [-0.15, -0.1) is 0 Å². The molecule has 0 bridgehead atoms. The quantitative estimate of drug-likeness (QED) is 0.685. The van der Waals surface area contributed by atoms with Crippen LogP contribution >= 0.6 is 0 Å². The Morgan fingerprint density at radius 3 is 2.25 bits per heavy atom. The van der Waals surface area contributed by atoms with E-state index in [2.05, 4.69) is 25.3 Å². The molecule has 0 heterocycles. The topological polar surface area (TPSA) is 9.23 Å². The van der Waals surface area contributed by atoms with E-state index in [1.807, 2.05) is 39.0 Å². The van der Waals surface area contributed by atoms with Crippen molar-refractivity contribution in [2.45, 2.75) is 32.8 Å². The highest BCUT2D eigenvalue weighted by Gasteiger charge is 2.12. The summed E-state index contributed by atoms with van der Waals surface area (Å²) in [5.41, 5.74) is 2.17. The molecule has 0 spiro atoms. The molecule has 0 unspecified atom stereocenters. The lowest BCUT2D eigenvalue weighted by Gasteiger charge is -2.22. The highest BCUT2D eigenvalue weighted by Crippen LogP contribution is 2.16. The lowest BCUT2D eigenvalue weighted by molar-refractivity contribution is 0.0500. The maximum absolute atomic E-state index is 5.68. The van der Waals surface area contributed by atoms with Crippen LogP contribution in [0, 0.1) is 0 Å². The minimum absolute atomic E-state index is 0.169. The number of rotatable bonds is 4. The van der Waals surface area contributed by atoms with Crippen molar-refractivity contribution in [3.8, 4) is 0 Å². The van der Waals surface area contributed by atoms with Gasteiger partial charge in [-0.2, -0.15) is 0 Å². The molecule has 0 atom stereocenters. The van der Waals surface area contributed by atoms with Gasteiger partial charge in [0.25, 0.3) is 0 Å². The van der Waals surface area contributed by atoms with Crippen molar-refractivity contribution in [3.05, 3.63) is 54.3 Å². The van der Waals surface area contributed by atoms with Crippen LogP contribution in [-0.4, -0.2) is 5.60 Å². The van der Waals surface area contributed by atoms with Gasteiger partial charge in [0.15, 0.2) is 0 Å². The third kappa shape index (κ3) is 4.35. The van der Waals surface area contributed by atoms with Crippen LogP contribution in [0.4, 0.5) is 0 Å². The van der Waals surface area contributed by atoms with Crippen molar-refractivity contribution in [1.82, 2.24) is 0 Å². The molecule has 0 aliphatic carbocycles. The third-order valence-electron chi connectivity index (χ3n) is 2.07. The summed E-state index contributed by atoms with van der Waals surface area (Å²) in [5, 5.41) is 0. The molecule has 1 aromatic carbocycles. The second-order valence-electron chi connectivity index (χ2n) is 4.88. The second kappa shape index (κ2) is 5.02. The van der Waals surface area contributed by atoms with Crippen LogP contribution in [0.15, 0.2) is 43.2 Å². The first-order valence-corrected chi connectivity index (χ1v) is 5.49. The minimum atomic E-state index is -0.169. The van der Waals surface area contributed by atoms with Gasteiger partial charge >= 0.3 is 0 Å². The van der Waals surface area contributed by atoms with E-state index in [1.54, 1.807) is 0 Å². The average Bonchev–Trinajstić information content (AvgIpc) is 2.16. The van der Waals surface area contributed by atoms with Crippen molar-refractivity contribution in [3.63, 3.8) is 0 Å². The Labute approximate surface area is 98.5 Å². The smallest absolute Gasteiger partial charge is 0.100 e. The molecule has 1 nitrogen and oxygen atoms in total. The van der Waals surface area contributed by atoms with Crippen LogP contribution in [0.1, 0.15) is 31.9 Å². The highest BCUT2D eigenvalue weighted by molar-refractivity contribution is 5.47. The van der Waals surface area contributed by atoms with Crippen LogP contribution in [0.5, 0.6) is 0 Å². The van der Waals surface area contributed by atoms with E-state index < -0.39 is 0 Å². The largest absolute Gasteiger partial charge is 0.493 e. The lowest BCUT2D eigenvalue weighted by Crippen LogP contribution is -2.19. The van der Waals surface area contributed by atoms with Crippen LogP contribution in [0.3, 0.4) is 0 Å². The summed E-state index contributed by atoms with van der Waals surface area (Å²) < 4.78 is 5.68. The fourth-order valence-corrected chi connectivity index (χ4v) is 1.47. The van der Waals surface area contributed by atoms with Crippen LogP contribution < -0.4 is 0 Å². The summed E-state index contributed by atoms with van der Waals surface area (Å²) >= 11 is 0. The molecule has 0 aromatic heterocycles. The van der Waals surface area contributed by atoms with Gasteiger partial charge in [-0.3, -0.25) is 0 Å². The molecule has 0 amide bonds. The average molecular weight is 216 g/mol. The van der Waals surface area contributed by atoms with E-state index >= 15 is 0 Å². The first-order valence-electron chi connectivity index (χ1n) is 5.49. The fourth-order valence-electron chi connectivity index (χ4n) is 1.47. The van der Waals surface area contributed by atoms with E-state index in [4.69, 9.17) is 4.74 Å². The first kappa shape index (κ1) is 12.6. The number of allylic oxidation sites excluding steroid dienone is 1. The van der Waals surface area contributed by atoms with E-state index in [-0.39, 0.29) is 5.60 Å². The molecule has 1 rings (SSSR count). The van der Waals surface area contributed by atoms with Crippen molar-refractivity contribution in [2.24, 2.45) is 0 Å². The first-order chi connectivity index (χ1) is 7.40. The van der Waals surface area contributed by atoms with Crippen molar-refractivity contribution in [2.75, 3.05) is 0 Å². The SMILES string of the molecule is C=Cc1ccc(CC(=C)OC(C)(C)C)cc1. The molecular weight excluding hydrogens is 196 g/mol. The van der Waals surface area contributed by atoms with E-state index in [1.165, 1.54) is 5.56 Å². The molecule has 0 N–H and O–H groups in total. The Balaban J connectivity index is 2.59. The molecule has 0 aliphatic heterocycles. The van der Waals surface area contributed by atoms with E-state index in [0.717, 1.165) is 17.7 Å². The molecule has 16 heavy (non-hydrogen) atoms.